The first-order valence-electron chi connectivity index (χ1n) is 11.1. The molecular weight excluding hydrogens is 550 g/mol. The van der Waals surface area contributed by atoms with E-state index in [1.165, 1.54) is 32.9 Å². The van der Waals surface area contributed by atoms with Gasteiger partial charge < -0.3 is 8.98 Å². The van der Waals surface area contributed by atoms with Crippen LogP contribution in [0.25, 0.3) is 60.6 Å². The van der Waals surface area contributed by atoms with Gasteiger partial charge in [-0.1, -0.05) is 68.3 Å². The zero-order valence-corrected chi connectivity index (χ0v) is 21.1. The highest BCUT2D eigenvalue weighted by Gasteiger charge is 2.15. The number of rotatable bonds is 2. The summed E-state index contributed by atoms with van der Waals surface area (Å²) < 4.78 is 10.7. The highest BCUT2D eigenvalue weighted by atomic mass is 79.9. The van der Waals surface area contributed by atoms with Gasteiger partial charge in [0.05, 0.1) is 11.0 Å². The summed E-state index contributed by atoms with van der Waals surface area (Å²) in [6.45, 7) is 0. The van der Waals surface area contributed by atoms with Crippen molar-refractivity contribution in [2.75, 3.05) is 0 Å². The average molecular weight is 567 g/mol. The molecule has 0 amide bonds. The summed E-state index contributed by atoms with van der Waals surface area (Å²) in [6.07, 6.45) is 0. The van der Waals surface area contributed by atoms with Crippen LogP contribution in [0.3, 0.4) is 0 Å². The molecule has 0 N–H and O–H groups in total. The summed E-state index contributed by atoms with van der Waals surface area (Å²) in [6, 6.07) is 36.3. The van der Waals surface area contributed by atoms with E-state index in [1.54, 1.807) is 0 Å². The molecule has 2 nitrogen and oxygen atoms in total. The van der Waals surface area contributed by atoms with Gasteiger partial charge >= 0.3 is 0 Å². The van der Waals surface area contributed by atoms with Crippen molar-refractivity contribution in [1.29, 1.82) is 0 Å². The first-order valence-corrected chi connectivity index (χ1v) is 12.7. The second kappa shape index (κ2) is 7.59. The van der Waals surface area contributed by atoms with E-state index < -0.39 is 0 Å². The average Bonchev–Trinajstić information content (AvgIpc) is 3.38. The Labute approximate surface area is 212 Å². The molecule has 0 unspecified atom stereocenters. The maximum absolute atomic E-state index is 6.20. The summed E-state index contributed by atoms with van der Waals surface area (Å²) in [7, 11) is 0. The van der Waals surface area contributed by atoms with Gasteiger partial charge in [0.2, 0.25) is 0 Å². The van der Waals surface area contributed by atoms with E-state index in [9.17, 15) is 0 Å². The van der Waals surface area contributed by atoms with Gasteiger partial charge in [-0.3, -0.25) is 0 Å². The SMILES string of the molecule is Brc1ccc2c(c1)c1cc(Br)ccc1n2-c1ccc2oc3ccc(-c4ccccc4)cc3c2c1. The van der Waals surface area contributed by atoms with Crippen LogP contribution in [-0.4, -0.2) is 4.57 Å². The summed E-state index contributed by atoms with van der Waals surface area (Å²) in [5.41, 5.74) is 7.66. The second-order valence-corrected chi connectivity index (χ2v) is 10.3. The molecule has 0 radical (unpaired) electrons. The molecule has 0 atom stereocenters. The third-order valence-corrected chi connectivity index (χ3v) is 7.49. The molecule has 4 heteroatoms. The van der Waals surface area contributed by atoms with E-state index in [0.29, 0.717) is 0 Å². The summed E-state index contributed by atoms with van der Waals surface area (Å²) >= 11 is 7.30. The number of nitrogens with zero attached hydrogens (tertiary/aromatic N) is 1. The maximum Gasteiger partial charge on any atom is 0.135 e. The quantitative estimate of drug-likeness (QED) is 0.203. The zero-order valence-electron chi connectivity index (χ0n) is 17.9. The van der Waals surface area contributed by atoms with Gasteiger partial charge in [0, 0.05) is 36.2 Å². The molecule has 0 bridgehead atoms. The molecule has 0 fully saturated rings. The lowest BCUT2D eigenvalue weighted by atomic mass is 10.0. The van der Waals surface area contributed by atoms with Crippen LogP contribution in [0.5, 0.6) is 0 Å². The smallest absolute Gasteiger partial charge is 0.135 e. The highest BCUT2D eigenvalue weighted by molar-refractivity contribution is 9.10. The van der Waals surface area contributed by atoms with Crippen LogP contribution < -0.4 is 0 Å². The summed E-state index contributed by atoms with van der Waals surface area (Å²) in [5.74, 6) is 0. The minimum absolute atomic E-state index is 0.898. The Kier molecular flexibility index (Phi) is 4.48. The van der Waals surface area contributed by atoms with E-state index in [1.807, 2.05) is 6.07 Å². The molecule has 34 heavy (non-hydrogen) atoms. The van der Waals surface area contributed by atoms with E-state index in [0.717, 1.165) is 36.6 Å². The van der Waals surface area contributed by atoms with Gasteiger partial charge in [-0.05, 0) is 77.9 Å². The molecular formula is C30H17Br2NO. The Balaban J connectivity index is 1.51. The van der Waals surface area contributed by atoms with E-state index in [4.69, 9.17) is 4.42 Å². The Bertz CT molecular complexity index is 1820. The standard InChI is InChI=1S/C30H17Br2NO/c31-20-7-10-27-23(15-20)24-16-21(32)8-11-28(24)33(27)22-9-13-30-26(17-22)25-14-19(6-12-29(25)34-30)18-4-2-1-3-5-18/h1-17H. The number of benzene rings is 5. The number of fused-ring (bicyclic) bond motifs is 6. The molecule has 7 rings (SSSR count). The third-order valence-electron chi connectivity index (χ3n) is 6.51. The Morgan fingerprint density at radius 3 is 1.79 bits per heavy atom. The van der Waals surface area contributed by atoms with E-state index >= 15 is 0 Å². The fraction of sp³-hybridized carbons (Fsp3) is 0. The van der Waals surface area contributed by atoms with E-state index in [2.05, 4.69) is 133 Å². The topological polar surface area (TPSA) is 18.1 Å². The van der Waals surface area contributed by atoms with Crippen molar-refractivity contribution in [3.63, 3.8) is 0 Å². The van der Waals surface area contributed by atoms with Crippen LogP contribution >= 0.6 is 31.9 Å². The predicted molar refractivity (Wildman–Crippen MR) is 149 cm³/mol. The van der Waals surface area contributed by atoms with Crippen LogP contribution in [0.1, 0.15) is 0 Å². The van der Waals surface area contributed by atoms with Crippen molar-refractivity contribution in [3.8, 4) is 16.8 Å². The summed E-state index contributed by atoms with van der Waals surface area (Å²) in [5, 5.41) is 4.68. The molecule has 7 aromatic rings. The number of furan rings is 1. The van der Waals surface area contributed by atoms with Crippen LogP contribution in [0.4, 0.5) is 0 Å². The molecule has 5 aromatic carbocycles. The van der Waals surface area contributed by atoms with Crippen LogP contribution in [0, 0.1) is 0 Å². The molecule has 0 saturated heterocycles. The Hall–Kier alpha value is -3.34. The lowest BCUT2D eigenvalue weighted by Gasteiger charge is -2.08. The molecule has 0 aliphatic carbocycles. The second-order valence-electron chi connectivity index (χ2n) is 8.52. The molecule has 2 aromatic heterocycles. The predicted octanol–water partition coefficient (Wildman–Crippen LogP) is 9.88. The minimum atomic E-state index is 0.898. The van der Waals surface area contributed by atoms with Crippen LogP contribution in [0.2, 0.25) is 0 Å². The minimum Gasteiger partial charge on any atom is -0.456 e. The third kappa shape index (κ3) is 3.06. The molecule has 2 heterocycles. The number of hydrogen-bond acceptors (Lipinski definition) is 1. The molecule has 0 aliphatic rings. The fourth-order valence-corrected chi connectivity index (χ4v) is 5.68. The zero-order chi connectivity index (χ0) is 22.8. The number of hydrogen-bond donors (Lipinski definition) is 0. The molecule has 0 saturated carbocycles. The maximum atomic E-state index is 6.20. The lowest BCUT2D eigenvalue weighted by Crippen LogP contribution is -1.93. The summed E-state index contributed by atoms with van der Waals surface area (Å²) in [4.78, 5) is 0. The normalized spacial score (nSPS) is 11.8. The van der Waals surface area contributed by atoms with Crippen molar-refractivity contribution in [2.45, 2.75) is 0 Å². The lowest BCUT2D eigenvalue weighted by molar-refractivity contribution is 0.669. The van der Waals surface area contributed by atoms with Crippen LogP contribution in [0.15, 0.2) is 116 Å². The Morgan fingerprint density at radius 2 is 1.12 bits per heavy atom. The monoisotopic (exact) mass is 565 g/mol. The number of aromatic nitrogens is 1. The molecule has 0 aliphatic heterocycles. The fourth-order valence-electron chi connectivity index (χ4n) is 4.96. The Morgan fingerprint density at radius 1 is 0.500 bits per heavy atom. The van der Waals surface area contributed by atoms with Gasteiger partial charge in [-0.2, -0.15) is 0 Å². The van der Waals surface area contributed by atoms with Gasteiger partial charge in [0.1, 0.15) is 11.2 Å². The van der Waals surface area contributed by atoms with Crippen molar-refractivity contribution >= 4 is 75.6 Å². The van der Waals surface area contributed by atoms with Gasteiger partial charge in [0.25, 0.3) is 0 Å². The van der Waals surface area contributed by atoms with Crippen molar-refractivity contribution in [1.82, 2.24) is 4.57 Å². The van der Waals surface area contributed by atoms with Gasteiger partial charge in [-0.15, -0.1) is 0 Å². The molecule has 0 spiro atoms. The van der Waals surface area contributed by atoms with Crippen LogP contribution in [-0.2, 0) is 0 Å². The van der Waals surface area contributed by atoms with Crippen molar-refractivity contribution in [2.24, 2.45) is 0 Å². The largest absolute Gasteiger partial charge is 0.456 e. The molecule has 162 valence electrons. The highest BCUT2D eigenvalue weighted by Crippen LogP contribution is 2.38. The van der Waals surface area contributed by atoms with Crippen molar-refractivity contribution in [3.05, 3.63) is 112 Å². The first kappa shape index (κ1) is 20.1. The number of halogens is 2. The van der Waals surface area contributed by atoms with Gasteiger partial charge in [0.15, 0.2) is 0 Å². The van der Waals surface area contributed by atoms with Gasteiger partial charge in [-0.25, -0.2) is 0 Å². The first-order chi connectivity index (χ1) is 16.7. The van der Waals surface area contributed by atoms with E-state index in [-0.39, 0.29) is 0 Å². The van der Waals surface area contributed by atoms with Crippen molar-refractivity contribution < 1.29 is 4.42 Å².